The molecule has 1 heterocycles. The van der Waals surface area contributed by atoms with Crippen molar-refractivity contribution < 1.29 is 4.42 Å². The molecule has 236 valence electrons. The monoisotopic (exact) mass is 646 g/mol. The molecule has 0 aliphatic rings. The van der Waals surface area contributed by atoms with Gasteiger partial charge in [-0.1, -0.05) is 170 Å². The predicted octanol–water partition coefficient (Wildman–Crippen LogP) is 14.4. The number of rotatable bonds is 3. The maximum atomic E-state index is 6.70. The van der Waals surface area contributed by atoms with Gasteiger partial charge < -0.3 is 4.42 Å². The van der Waals surface area contributed by atoms with Crippen LogP contribution < -0.4 is 0 Å². The smallest absolute Gasteiger partial charge is 0.143 e. The maximum absolute atomic E-state index is 6.70. The van der Waals surface area contributed by atoms with Crippen LogP contribution >= 0.6 is 0 Å². The van der Waals surface area contributed by atoms with Gasteiger partial charge in [0.2, 0.25) is 0 Å². The Hall–Kier alpha value is -6.70. The van der Waals surface area contributed by atoms with Crippen molar-refractivity contribution in [3.05, 3.63) is 182 Å². The Morgan fingerprint density at radius 3 is 1.39 bits per heavy atom. The van der Waals surface area contributed by atoms with Crippen molar-refractivity contribution in [3.63, 3.8) is 0 Å². The van der Waals surface area contributed by atoms with E-state index in [1.54, 1.807) is 0 Å². The largest absolute Gasteiger partial charge is 0.455 e. The van der Waals surface area contributed by atoms with E-state index in [4.69, 9.17) is 4.42 Å². The average Bonchev–Trinajstić information content (AvgIpc) is 3.59. The topological polar surface area (TPSA) is 13.1 Å². The van der Waals surface area contributed by atoms with Gasteiger partial charge in [0, 0.05) is 16.2 Å². The number of furan rings is 1. The number of benzene rings is 10. The van der Waals surface area contributed by atoms with Crippen LogP contribution in [0.1, 0.15) is 0 Å². The molecule has 0 saturated heterocycles. The van der Waals surface area contributed by atoms with Gasteiger partial charge in [0.1, 0.15) is 11.2 Å². The molecule has 0 N–H and O–H groups in total. The lowest BCUT2D eigenvalue weighted by atomic mass is 9.83. The lowest BCUT2D eigenvalue weighted by Crippen LogP contribution is -1.92. The quantitative estimate of drug-likeness (QED) is 0.138. The Morgan fingerprint density at radius 2 is 0.745 bits per heavy atom. The van der Waals surface area contributed by atoms with Gasteiger partial charge >= 0.3 is 0 Å². The summed E-state index contributed by atoms with van der Waals surface area (Å²) in [6.07, 6.45) is 0. The summed E-state index contributed by atoms with van der Waals surface area (Å²) < 4.78 is 6.70. The van der Waals surface area contributed by atoms with Crippen LogP contribution in [0.2, 0.25) is 0 Å². The van der Waals surface area contributed by atoms with Crippen molar-refractivity contribution in [2.45, 2.75) is 0 Å². The zero-order chi connectivity index (χ0) is 33.5. The van der Waals surface area contributed by atoms with E-state index >= 15 is 0 Å². The molecule has 0 aliphatic heterocycles. The van der Waals surface area contributed by atoms with Gasteiger partial charge in [-0.05, 0) is 94.0 Å². The molecule has 11 aromatic rings. The first kappa shape index (κ1) is 28.2. The highest BCUT2D eigenvalue weighted by atomic mass is 16.3. The fraction of sp³-hybridized carbons (Fsp3) is 0. The van der Waals surface area contributed by atoms with Gasteiger partial charge in [-0.25, -0.2) is 0 Å². The summed E-state index contributed by atoms with van der Waals surface area (Å²) in [4.78, 5) is 0. The normalized spacial score (nSPS) is 11.9. The van der Waals surface area contributed by atoms with E-state index in [2.05, 4.69) is 182 Å². The molecule has 0 saturated carbocycles. The van der Waals surface area contributed by atoms with Crippen LogP contribution in [0.15, 0.2) is 186 Å². The van der Waals surface area contributed by atoms with Crippen LogP contribution in [0.4, 0.5) is 0 Å². The molecule has 11 rings (SSSR count). The molecule has 0 amide bonds. The Balaban J connectivity index is 1.22. The maximum Gasteiger partial charge on any atom is 0.143 e. The predicted molar refractivity (Wildman–Crippen MR) is 218 cm³/mol. The summed E-state index contributed by atoms with van der Waals surface area (Å²) in [6, 6.07) is 66.2. The Morgan fingerprint density at radius 1 is 0.275 bits per heavy atom. The third kappa shape index (κ3) is 4.09. The molecule has 0 spiro atoms. The third-order valence-corrected chi connectivity index (χ3v) is 10.8. The van der Waals surface area contributed by atoms with Gasteiger partial charge in [-0.3, -0.25) is 0 Å². The van der Waals surface area contributed by atoms with Crippen molar-refractivity contribution in [3.8, 4) is 33.4 Å². The second-order valence-electron chi connectivity index (χ2n) is 13.5. The van der Waals surface area contributed by atoms with Crippen molar-refractivity contribution in [1.29, 1.82) is 0 Å². The summed E-state index contributed by atoms with van der Waals surface area (Å²) in [7, 11) is 0. The van der Waals surface area contributed by atoms with E-state index in [0.29, 0.717) is 0 Å². The van der Waals surface area contributed by atoms with E-state index in [-0.39, 0.29) is 0 Å². The fourth-order valence-electron chi connectivity index (χ4n) is 8.68. The SMILES string of the molecule is c1ccc(-c2ccc(-c3c4ccccc4c(-c4ccc5oc6c7ccccc7c7ccccc7c6c5c4)c4ccccc34)c3ccccc23)cc1. The standard InChI is InChI=1S/C50H30O/c1-2-14-31(15-3-1)33-27-28-43(35-17-5-4-16-34(33)35)48-41-23-11-9-21-39(41)47(40-22-10-12-24-42(40)48)32-26-29-46-45(30-32)49-38-20-8-6-18-36(38)37-19-7-13-25-44(37)50(49)51-46/h1-30H. The minimum Gasteiger partial charge on any atom is -0.455 e. The van der Waals surface area contributed by atoms with E-state index in [1.807, 2.05) is 0 Å². The molecular formula is C50H30O. The fourth-order valence-corrected chi connectivity index (χ4v) is 8.68. The molecule has 0 aliphatic carbocycles. The Labute approximate surface area is 294 Å². The molecule has 0 bridgehead atoms. The first-order valence-electron chi connectivity index (χ1n) is 17.6. The van der Waals surface area contributed by atoms with Gasteiger partial charge in [-0.15, -0.1) is 0 Å². The number of hydrogen-bond acceptors (Lipinski definition) is 1. The first-order chi connectivity index (χ1) is 25.3. The van der Waals surface area contributed by atoms with Crippen LogP contribution in [-0.4, -0.2) is 0 Å². The van der Waals surface area contributed by atoms with E-state index < -0.39 is 0 Å². The Kier molecular flexibility index (Phi) is 6.02. The summed E-state index contributed by atoms with van der Waals surface area (Å²) in [5.74, 6) is 0. The molecule has 51 heavy (non-hydrogen) atoms. The van der Waals surface area contributed by atoms with Crippen LogP contribution in [0.5, 0.6) is 0 Å². The van der Waals surface area contributed by atoms with E-state index in [1.165, 1.54) is 87.2 Å². The third-order valence-electron chi connectivity index (χ3n) is 10.8. The number of hydrogen-bond donors (Lipinski definition) is 0. The molecule has 1 aromatic heterocycles. The molecule has 0 atom stereocenters. The van der Waals surface area contributed by atoms with Crippen LogP contribution in [0.25, 0.3) is 109 Å². The van der Waals surface area contributed by atoms with Gasteiger partial charge in [0.15, 0.2) is 0 Å². The zero-order valence-electron chi connectivity index (χ0n) is 27.7. The van der Waals surface area contributed by atoms with Crippen molar-refractivity contribution in [2.75, 3.05) is 0 Å². The van der Waals surface area contributed by atoms with Gasteiger partial charge in [0.05, 0.1) is 0 Å². The molecule has 0 unspecified atom stereocenters. The first-order valence-corrected chi connectivity index (χ1v) is 17.6. The highest BCUT2D eigenvalue weighted by molar-refractivity contribution is 6.31. The molecule has 10 aromatic carbocycles. The van der Waals surface area contributed by atoms with Crippen molar-refractivity contribution >= 4 is 75.8 Å². The lowest BCUT2D eigenvalue weighted by Gasteiger charge is -2.19. The van der Waals surface area contributed by atoms with Gasteiger partial charge in [-0.2, -0.15) is 0 Å². The van der Waals surface area contributed by atoms with Crippen molar-refractivity contribution in [1.82, 2.24) is 0 Å². The highest BCUT2D eigenvalue weighted by Gasteiger charge is 2.21. The molecule has 1 heteroatoms. The molecular weight excluding hydrogens is 617 g/mol. The van der Waals surface area contributed by atoms with Crippen LogP contribution in [-0.2, 0) is 0 Å². The molecule has 0 radical (unpaired) electrons. The summed E-state index contributed by atoms with van der Waals surface area (Å²) in [6.45, 7) is 0. The second kappa shape index (κ2) is 10.9. The zero-order valence-corrected chi connectivity index (χ0v) is 27.7. The summed E-state index contributed by atoms with van der Waals surface area (Å²) >= 11 is 0. The van der Waals surface area contributed by atoms with E-state index in [9.17, 15) is 0 Å². The average molecular weight is 647 g/mol. The van der Waals surface area contributed by atoms with Gasteiger partial charge in [0.25, 0.3) is 0 Å². The minimum atomic E-state index is 0.908. The highest BCUT2D eigenvalue weighted by Crippen LogP contribution is 2.48. The van der Waals surface area contributed by atoms with Crippen molar-refractivity contribution in [2.24, 2.45) is 0 Å². The number of fused-ring (bicyclic) bond motifs is 11. The van der Waals surface area contributed by atoms with Crippen LogP contribution in [0.3, 0.4) is 0 Å². The van der Waals surface area contributed by atoms with Crippen LogP contribution in [0, 0.1) is 0 Å². The lowest BCUT2D eigenvalue weighted by molar-refractivity contribution is 0.673. The van der Waals surface area contributed by atoms with E-state index in [0.717, 1.165) is 21.9 Å². The minimum absolute atomic E-state index is 0.908. The molecule has 1 nitrogen and oxygen atoms in total. The molecule has 0 fully saturated rings. The Bertz CT molecular complexity index is 3130. The second-order valence-corrected chi connectivity index (χ2v) is 13.5. The summed E-state index contributed by atoms with van der Waals surface area (Å²) in [5, 5.41) is 14.6. The summed E-state index contributed by atoms with van der Waals surface area (Å²) in [5.41, 5.74) is 9.29.